The monoisotopic (exact) mass is 249 g/mol. The van der Waals surface area contributed by atoms with Gasteiger partial charge in [-0.2, -0.15) is 0 Å². The van der Waals surface area contributed by atoms with Crippen LogP contribution < -0.4 is 4.90 Å². The summed E-state index contributed by atoms with van der Waals surface area (Å²) < 4.78 is 0. The van der Waals surface area contributed by atoms with Gasteiger partial charge >= 0.3 is 0 Å². The molecule has 0 aliphatic carbocycles. The van der Waals surface area contributed by atoms with Crippen molar-refractivity contribution in [1.82, 2.24) is 9.88 Å². The molecule has 0 amide bonds. The van der Waals surface area contributed by atoms with E-state index >= 15 is 0 Å². The fourth-order valence-electron chi connectivity index (χ4n) is 2.49. The Morgan fingerprint density at radius 2 is 2.33 bits per heavy atom. The minimum absolute atomic E-state index is 0.446. The van der Waals surface area contributed by atoms with Crippen molar-refractivity contribution in [3.05, 3.63) is 23.9 Å². The summed E-state index contributed by atoms with van der Waals surface area (Å²) in [6.45, 7) is 3.97. The summed E-state index contributed by atoms with van der Waals surface area (Å²) in [5.41, 5.74) is 0.866. The number of hydrogen-bond donors (Lipinski definition) is 1. The number of hydrogen-bond acceptors (Lipinski definition) is 4. The van der Waals surface area contributed by atoms with Crippen molar-refractivity contribution in [3.63, 3.8) is 0 Å². The largest absolute Gasteiger partial charge is 0.389 e. The summed E-state index contributed by atoms with van der Waals surface area (Å²) in [5, 5.41) is 9.46. The van der Waals surface area contributed by atoms with Crippen molar-refractivity contribution < 1.29 is 5.11 Å². The van der Waals surface area contributed by atoms with E-state index in [0.717, 1.165) is 17.9 Å². The molecule has 0 bridgehead atoms. The first kappa shape index (κ1) is 13.3. The molecule has 4 heteroatoms. The number of aromatic nitrogens is 1. The van der Waals surface area contributed by atoms with Crippen LogP contribution in [0.3, 0.4) is 0 Å². The highest BCUT2D eigenvalue weighted by molar-refractivity contribution is 5.38. The quantitative estimate of drug-likeness (QED) is 0.881. The highest BCUT2D eigenvalue weighted by Gasteiger charge is 2.22. The molecule has 1 N–H and O–H groups in total. The van der Waals surface area contributed by atoms with Gasteiger partial charge in [0, 0.05) is 25.8 Å². The lowest BCUT2D eigenvalue weighted by atomic mass is 10.2. The minimum Gasteiger partial charge on any atom is -0.389 e. The van der Waals surface area contributed by atoms with Crippen molar-refractivity contribution in [2.45, 2.75) is 31.9 Å². The Morgan fingerprint density at radius 3 is 2.83 bits per heavy atom. The molecule has 4 nitrogen and oxygen atoms in total. The van der Waals surface area contributed by atoms with E-state index in [2.05, 4.69) is 28.9 Å². The van der Waals surface area contributed by atoms with E-state index in [1.807, 2.05) is 12.1 Å². The van der Waals surface area contributed by atoms with Crippen LogP contribution in [0.25, 0.3) is 0 Å². The molecule has 2 rings (SSSR count). The van der Waals surface area contributed by atoms with Crippen LogP contribution in [0.1, 0.15) is 31.4 Å². The third-order valence-electron chi connectivity index (χ3n) is 3.80. The number of pyridine rings is 1. The molecule has 1 aromatic rings. The number of anilines is 1. The van der Waals surface area contributed by atoms with Gasteiger partial charge in [0.2, 0.25) is 0 Å². The van der Waals surface area contributed by atoms with Crippen LogP contribution in [-0.4, -0.2) is 48.2 Å². The number of aliphatic hydroxyl groups excluding tert-OH is 1. The molecule has 100 valence electrons. The molecule has 1 aliphatic rings. The van der Waals surface area contributed by atoms with E-state index < -0.39 is 6.10 Å². The number of nitrogens with zero attached hydrogens (tertiary/aromatic N) is 3. The normalized spacial score (nSPS) is 22.1. The molecule has 0 aromatic carbocycles. The van der Waals surface area contributed by atoms with Crippen LogP contribution in [-0.2, 0) is 0 Å². The van der Waals surface area contributed by atoms with Crippen molar-refractivity contribution in [2.24, 2.45) is 0 Å². The topological polar surface area (TPSA) is 39.6 Å². The van der Waals surface area contributed by atoms with E-state index in [1.165, 1.54) is 19.4 Å². The lowest BCUT2D eigenvalue weighted by Crippen LogP contribution is -2.36. The van der Waals surface area contributed by atoms with Crippen LogP contribution in [0.2, 0.25) is 0 Å². The first-order chi connectivity index (χ1) is 8.58. The fourth-order valence-corrected chi connectivity index (χ4v) is 2.49. The summed E-state index contributed by atoms with van der Waals surface area (Å²) in [6.07, 6.45) is 3.88. The first-order valence-electron chi connectivity index (χ1n) is 6.63. The fraction of sp³-hybridized carbons (Fsp3) is 0.643. The maximum Gasteiger partial charge on any atom is 0.128 e. The third kappa shape index (κ3) is 3.00. The lowest BCUT2D eigenvalue weighted by Gasteiger charge is -2.26. The van der Waals surface area contributed by atoms with E-state index in [-0.39, 0.29) is 0 Å². The molecule has 1 saturated heterocycles. The predicted octanol–water partition coefficient (Wildman–Crippen LogP) is 1.67. The van der Waals surface area contributed by atoms with E-state index in [4.69, 9.17) is 0 Å². The Morgan fingerprint density at radius 1 is 1.56 bits per heavy atom. The van der Waals surface area contributed by atoms with Gasteiger partial charge in [-0.05, 0) is 45.0 Å². The third-order valence-corrected chi connectivity index (χ3v) is 3.80. The highest BCUT2D eigenvalue weighted by Crippen LogP contribution is 2.19. The lowest BCUT2D eigenvalue weighted by molar-refractivity contribution is 0.199. The molecule has 18 heavy (non-hydrogen) atoms. The maximum absolute atomic E-state index is 9.46. The summed E-state index contributed by atoms with van der Waals surface area (Å²) in [6, 6.07) is 4.56. The Labute approximate surface area is 109 Å². The molecule has 0 spiro atoms. The smallest absolute Gasteiger partial charge is 0.128 e. The molecule has 2 atom stereocenters. The average molecular weight is 249 g/mol. The summed E-state index contributed by atoms with van der Waals surface area (Å²) in [4.78, 5) is 9.02. The molecule has 0 saturated carbocycles. The minimum atomic E-state index is -0.446. The molecular weight excluding hydrogens is 226 g/mol. The van der Waals surface area contributed by atoms with Gasteiger partial charge in [0.25, 0.3) is 0 Å². The van der Waals surface area contributed by atoms with Crippen LogP contribution >= 0.6 is 0 Å². The van der Waals surface area contributed by atoms with Crippen molar-refractivity contribution in [3.8, 4) is 0 Å². The zero-order valence-corrected chi connectivity index (χ0v) is 11.5. The highest BCUT2D eigenvalue weighted by atomic mass is 16.3. The van der Waals surface area contributed by atoms with Gasteiger partial charge in [-0.3, -0.25) is 0 Å². The molecule has 0 radical (unpaired) electrons. The second-order valence-corrected chi connectivity index (χ2v) is 5.28. The summed E-state index contributed by atoms with van der Waals surface area (Å²) in [7, 11) is 4.27. The molecule has 2 heterocycles. The number of likely N-dealkylation sites (N-methyl/N-ethyl adjacent to an activating group) is 2. The van der Waals surface area contributed by atoms with Gasteiger partial charge in [0.1, 0.15) is 5.82 Å². The molecule has 2 unspecified atom stereocenters. The zero-order valence-electron chi connectivity index (χ0n) is 11.5. The zero-order chi connectivity index (χ0) is 13.1. The van der Waals surface area contributed by atoms with Crippen molar-refractivity contribution >= 4 is 5.82 Å². The molecule has 1 fully saturated rings. The van der Waals surface area contributed by atoms with Crippen LogP contribution in [0.5, 0.6) is 0 Å². The second-order valence-electron chi connectivity index (χ2n) is 5.28. The Kier molecular flexibility index (Phi) is 4.19. The summed E-state index contributed by atoms with van der Waals surface area (Å²) in [5.74, 6) is 0.972. The van der Waals surface area contributed by atoms with Crippen molar-refractivity contribution in [2.75, 3.05) is 32.1 Å². The Bertz CT molecular complexity index is 377. The Balaban J connectivity index is 1.98. The van der Waals surface area contributed by atoms with Gasteiger partial charge in [-0.1, -0.05) is 6.07 Å². The van der Waals surface area contributed by atoms with E-state index in [9.17, 15) is 5.11 Å². The van der Waals surface area contributed by atoms with Crippen LogP contribution in [0, 0.1) is 0 Å². The second kappa shape index (κ2) is 5.67. The maximum atomic E-state index is 9.46. The number of likely N-dealkylation sites (tertiary alicyclic amines) is 1. The SMILES string of the molecule is CC(O)c1ccc(N(C)CC2CCCN2C)nc1. The van der Waals surface area contributed by atoms with Crippen LogP contribution in [0.4, 0.5) is 5.82 Å². The van der Waals surface area contributed by atoms with Gasteiger partial charge < -0.3 is 14.9 Å². The first-order valence-corrected chi connectivity index (χ1v) is 6.63. The van der Waals surface area contributed by atoms with E-state index in [0.29, 0.717) is 6.04 Å². The molecule has 1 aliphatic heterocycles. The molecule has 1 aromatic heterocycles. The van der Waals surface area contributed by atoms with Crippen molar-refractivity contribution in [1.29, 1.82) is 0 Å². The number of rotatable bonds is 4. The van der Waals surface area contributed by atoms with Gasteiger partial charge in [0.05, 0.1) is 6.10 Å². The van der Waals surface area contributed by atoms with Crippen LogP contribution in [0.15, 0.2) is 18.3 Å². The average Bonchev–Trinajstić information content (AvgIpc) is 2.75. The van der Waals surface area contributed by atoms with Gasteiger partial charge in [-0.15, -0.1) is 0 Å². The molecular formula is C14H23N3O. The Hall–Kier alpha value is -1.13. The van der Waals surface area contributed by atoms with Gasteiger partial charge in [0.15, 0.2) is 0 Å². The predicted molar refractivity (Wildman–Crippen MR) is 73.8 cm³/mol. The van der Waals surface area contributed by atoms with Gasteiger partial charge in [-0.25, -0.2) is 4.98 Å². The standard InChI is InChI=1S/C14H23N3O/c1-11(18)12-6-7-14(15-9-12)17(3)10-13-5-4-8-16(13)2/h6-7,9,11,13,18H,4-5,8,10H2,1-3H3. The number of aliphatic hydroxyl groups is 1. The summed E-state index contributed by atoms with van der Waals surface area (Å²) >= 11 is 0. The van der Waals surface area contributed by atoms with E-state index in [1.54, 1.807) is 13.1 Å².